The summed E-state index contributed by atoms with van der Waals surface area (Å²) in [6, 6.07) is 7.90. The zero-order chi connectivity index (χ0) is 13.0. The fourth-order valence-electron chi connectivity index (χ4n) is 2.69. The second-order valence-corrected chi connectivity index (χ2v) is 4.95. The Kier molecular flexibility index (Phi) is 4.24. The smallest absolute Gasteiger partial charge is 0.142 e. The van der Waals surface area contributed by atoms with Crippen LogP contribution in [-0.2, 0) is 0 Å². The Morgan fingerprint density at radius 1 is 1.22 bits per heavy atom. The van der Waals surface area contributed by atoms with Gasteiger partial charge in [-0.05, 0) is 25.0 Å². The lowest BCUT2D eigenvalue weighted by molar-refractivity contribution is 0.414. The van der Waals surface area contributed by atoms with Crippen LogP contribution in [0.25, 0.3) is 0 Å². The van der Waals surface area contributed by atoms with Crippen molar-refractivity contribution in [2.45, 2.75) is 32.1 Å². The minimum atomic E-state index is 0.411. The van der Waals surface area contributed by atoms with Gasteiger partial charge in [-0.15, -0.1) is 0 Å². The van der Waals surface area contributed by atoms with E-state index in [2.05, 4.69) is 0 Å². The Morgan fingerprint density at radius 3 is 2.56 bits per heavy atom. The van der Waals surface area contributed by atoms with E-state index in [0.29, 0.717) is 5.92 Å². The number of anilines is 1. The summed E-state index contributed by atoms with van der Waals surface area (Å²) in [5, 5.41) is 8.37. The maximum Gasteiger partial charge on any atom is 0.142 e. The van der Waals surface area contributed by atoms with Crippen LogP contribution in [0.5, 0.6) is 5.75 Å². The number of nitrogens with one attached hydrogen (secondary N) is 1. The van der Waals surface area contributed by atoms with E-state index in [1.807, 2.05) is 36.2 Å². The molecule has 0 radical (unpaired) electrons. The lowest BCUT2D eigenvalue weighted by Crippen LogP contribution is -2.33. The molecule has 0 atom stereocenters. The Hall–Kier alpha value is -1.51. The molecule has 1 N–H and O–H groups in total. The molecule has 0 aliphatic heterocycles. The van der Waals surface area contributed by atoms with Crippen LogP contribution in [-0.4, -0.2) is 20.0 Å². The monoisotopic (exact) mass is 246 g/mol. The second-order valence-electron chi connectivity index (χ2n) is 4.95. The number of nitrogens with zero attached hydrogens (tertiary/aromatic N) is 1. The quantitative estimate of drug-likeness (QED) is 0.652. The molecule has 1 aromatic rings. The largest absolute Gasteiger partial charge is 0.495 e. The van der Waals surface area contributed by atoms with Gasteiger partial charge in [-0.3, -0.25) is 5.41 Å². The summed E-state index contributed by atoms with van der Waals surface area (Å²) >= 11 is 0. The van der Waals surface area contributed by atoms with Gasteiger partial charge in [0, 0.05) is 13.0 Å². The normalized spacial score (nSPS) is 16.3. The number of para-hydroxylation sites is 2. The third-order valence-corrected chi connectivity index (χ3v) is 3.80. The molecule has 1 saturated carbocycles. The van der Waals surface area contributed by atoms with Gasteiger partial charge >= 0.3 is 0 Å². The molecule has 18 heavy (non-hydrogen) atoms. The van der Waals surface area contributed by atoms with Crippen LogP contribution in [0.15, 0.2) is 24.3 Å². The maximum absolute atomic E-state index is 8.37. The van der Waals surface area contributed by atoms with E-state index in [-0.39, 0.29) is 0 Å². The van der Waals surface area contributed by atoms with Crippen LogP contribution in [0.4, 0.5) is 5.69 Å². The Bertz CT molecular complexity index is 411. The molecule has 1 fully saturated rings. The topological polar surface area (TPSA) is 36.3 Å². The number of methoxy groups -OCH3 is 1. The molecule has 0 bridgehead atoms. The van der Waals surface area contributed by atoms with Crippen LogP contribution in [0.3, 0.4) is 0 Å². The van der Waals surface area contributed by atoms with Gasteiger partial charge in [-0.2, -0.15) is 0 Å². The minimum absolute atomic E-state index is 0.411. The van der Waals surface area contributed by atoms with Gasteiger partial charge in [-0.25, -0.2) is 0 Å². The number of hydrogen-bond acceptors (Lipinski definition) is 2. The minimum Gasteiger partial charge on any atom is -0.495 e. The van der Waals surface area contributed by atoms with E-state index in [9.17, 15) is 0 Å². The fourth-order valence-corrected chi connectivity index (χ4v) is 2.69. The summed E-state index contributed by atoms with van der Waals surface area (Å²) in [4.78, 5) is 1.97. The molecule has 0 amide bonds. The third-order valence-electron chi connectivity index (χ3n) is 3.80. The summed E-state index contributed by atoms with van der Waals surface area (Å²) < 4.78 is 5.37. The van der Waals surface area contributed by atoms with Gasteiger partial charge in [0.1, 0.15) is 11.6 Å². The van der Waals surface area contributed by atoms with Crippen molar-refractivity contribution in [3.63, 3.8) is 0 Å². The maximum atomic E-state index is 8.37. The standard InChI is InChI=1S/C15H22N2O/c1-17(13-10-6-7-11-14(13)18-2)15(16)12-8-4-3-5-9-12/h6-7,10-12,16H,3-5,8-9H2,1-2H3. The molecule has 3 nitrogen and oxygen atoms in total. The number of ether oxygens (including phenoxy) is 1. The molecule has 0 heterocycles. The van der Waals surface area contributed by atoms with Gasteiger partial charge in [0.2, 0.25) is 0 Å². The Morgan fingerprint density at radius 2 is 1.89 bits per heavy atom. The van der Waals surface area contributed by atoms with Crippen LogP contribution >= 0.6 is 0 Å². The van der Waals surface area contributed by atoms with Crippen molar-refractivity contribution in [3.05, 3.63) is 24.3 Å². The van der Waals surface area contributed by atoms with Gasteiger partial charge in [-0.1, -0.05) is 31.4 Å². The van der Waals surface area contributed by atoms with Crippen LogP contribution in [0.1, 0.15) is 32.1 Å². The molecule has 0 spiro atoms. The van der Waals surface area contributed by atoms with E-state index < -0.39 is 0 Å². The fraction of sp³-hybridized carbons (Fsp3) is 0.533. The van der Waals surface area contributed by atoms with Crippen LogP contribution in [0.2, 0.25) is 0 Å². The summed E-state index contributed by atoms with van der Waals surface area (Å²) in [5.74, 6) is 1.97. The van der Waals surface area contributed by atoms with E-state index in [1.54, 1.807) is 7.11 Å². The lowest BCUT2D eigenvalue weighted by Gasteiger charge is -2.30. The summed E-state index contributed by atoms with van der Waals surface area (Å²) in [6.45, 7) is 0. The van der Waals surface area contributed by atoms with Crippen LogP contribution < -0.4 is 9.64 Å². The van der Waals surface area contributed by atoms with E-state index >= 15 is 0 Å². The highest BCUT2D eigenvalue weighted by molar-refractivity contribution is 5.97. The number of benzene rings is 1. The highest BCUT2D eigenvalue weighted by Crippen LogP contribution is 2.31. The van der Waals surface area contributed by atoms with Gasteiger partial charge in [0.05, 0.1) is 12.8 Å². The van der Waals surface area contributed by atoms with E-state index in [1.165, 1.54) is 19.3 Å². The van der Waals surface area contributed by atoms with E-state index in [4.69, 9.17) is 10.1 Å². The van der Waals surface area contributed by atoms with Crippen molar-refractivity contribution in [2.75, 3.05) is 19.1 Å². The number of hydrogen-bond donors (Lipinski definition) is 1. The number of rotatable bonds is 3. The van der Waals surface area contributed by atoms with Crippen molar-refractivity contribution >= 4 is 11.5 Å². The molecule has 2 rings (SSSR count). The molecule has 0 unspecified atom stereocenters. The molecule has 1 aliphatic rings. The molecule has 3 heteroatoms. The first-order valence-corrected chi connectivity index (χ1v) is 6.69. The van der Waals surface area contributed by atoms with E-state index in [0.717, 1.165) is 30.1 Å². The second kappa shape index (κ2) is 5.89. The van der Waals surface area contributed by atoms with Crippen molar-refractivity contribution in [1.29, 1.82) is 5.41 Å². The summed E-state index contributed by atoms with van der Waals surface area (Å²) in [6.07, 6.45) is 6.14. The van der Waals surface area contributed by atoms with Gasteiger partial charge < -0.3 is 9.64 Å². The first-order valence-electron chi connectivity index (χ1n) is 6.69. The summed E-state index contributed by atoms with van der Waals surface area (Å²) in [7, 11) is 3.64. The highest BCUT2D eigenvalue weighted by atomic mass is 16.5. The van der Waals surface area contributed by atoms with Crippen molar-refractivity contribution < 1.29 is 4.74 Å². The third kappa shape index (κ3) is 2.66. The molecular formula is C15H22N2O. The van der Waals surface area contributed by atoms with Crippen molar-refractivity contribution in [2.24, 2.45) is 5.92 Å². The highest BCUT2D eigenvalue weighted by Gasteiger charge is 2.22. The van der Waals surface area contributed by atoms with Gasteiger partial charge in [0.25, 0.3) is 0 Å². The first-order chi connectivity index (χ1) is 8.74. The predicted octanol–water partition coefficient (Wildman–Crippen LogP) is 3.69. The number of amidine groups is 1. The average molecular weight is 246 g/mol. The first kappa shape index (κ1) is 12.9. The zero-order valence-corrected chi connectivity index (χ0v) is 11.3. The SMILES string of the molecule is COc1ccccc1N(C)C(=N)C1CCCCC1. The Balaban J connectivity index is 2.14. The summed E-state index contributed by atoms with van der Waals surface area (Å²) in [5.41, 5.74) is 0.982. The molecule has 0 aromatic heterocycles. The van der Waals surface area contributed by atoms with Crippen molar-refractivity contribution in [1.82, 2.24) is 0 Å². The predicted molar refractivity (Wildman–Crippen MR) is 75.7 cm³/mol. The molecule has 98 valence electrons. The Labute approximate surface area is 109 Å². The van der Waals surface area contributed by atoms with Crippen molar-refractivity contribution in [3.8, 4) is 5.75 Å². The molecule has 0 saturated heterocycles. The lowest BCUT2D eigenvalue weighted by atomic mass is 9.88. The molecule has 1 aromatic carbocycles. The molecule has 1 aliphatic carbocycles. The average Bonchev–Trinajstić information content (AvgIpc) is 2.46. The molecular weight excluding hydrogens is 224 g/mol. The zero-order valence-electron chi connectivity index (χ0n) is 11.3. The van der Waals surface area contributed by atoms with Crippen LogP contribution in [0, 0.1) is 11.3 Å². The van der Waals surface area contributed by atoms with Gasteiger partial charge in [0.15, 0.2) is 0 Å².